The first-order chi connectivity index (χ1) is 7.54. The SMILES string of the molecule is CCc1c(C)[nH]c2c(Br)cc(C)cc2c1=O. The molecule has 1 heterocycles. The number of aromatic nitrogens is 1. The largest absolute Gasteiger partial charge is 0.357 e. The molecule has 1 aromatic carbocycles. The third kappa shape index (κ3) is 1.69. The molecule has 0 fully saturated rings. The Labute approximate surface area is 103 Å². The van der Waals surface area contributed by atoms with Crippen molar-refractivity contribution in [2.75, 3.05) is 0 Å². The van der Waals surface area contributed by atoms with Crippen LogP contribution < -0.4 is 5.43 Å². The van der Waals surface area contributed by atoms with Crippen molar-refractivity contribution in [2.24, 2.45) is 0 Å². The van der Waals surface area contributed by atoms with Gasteiger partial charge in [0.25, 0.3) is 0 Å². The number of aryl methyl sites for hydroxylation is 2. The molecule has 0 saturated heterocycles. The van der Waals surface area contributed by atoms with E-state index in [1.165, 1.54) is 0 Å². The van der Waals surface area contributed by atoms with E-state index >= 15 is 0 Å². The second-order valence-electron chi connectivity index (χ2n) is 4.08. The fourth-order valence-corrected chi connectivity index (χ4v) is 2.74. The van der Waals surface area contributed by atoms with Crippen LogP contribution in [-0.2, 0) is 6.42 Å². The molecule has 0 radical (unpaired) electrons. The van der Waals surface area contributed by atoms with E-state index < -0.39 is 0 Å². The highest BCUT2D eigenvalue weighted by Crippen LogP contribution is 2.23. The van der Waals surface area contributed by atoms with Gasteiger partial charge in [0.1, 0.15) is 0 Å². The summed E-state index contributed by atoms with van der Waals surface area (Å²) in [7, 11) is 0. The highest BCUT2D eigenvalue weighted by Gasteiger charge is 2.09. The average Bonchev–Trinajstić information content (AvgIpc) is 2.21. The van der Waals surface area contributed by atoms with Gasteiger partial charge in [0, 0.05) is 21.1 Å². The second kappa shape index (κ2) is 4.06. The molecule has 0 aliphatic heterocycles. The Kier molecular flexibility index (Phi) is 2.89. The summed E-state index contributed by atoms with van der Waals surface area (Å²) < 4.78 is 0.949. The third-order valence-electron chi connectivity index (χ3n) is 2.87. The number of fused-ring (bicyclic) bond motifs is 1. The minimum absolute atomic E-state index is 0.151. The maximum Gasteiger partial charge on any atom is 0.192 e. The molecule has 0 amide bonds. The summed E-state index contributed by atoms with van der Waals surface area (Å²) in [5.74, 6) is 0. The van der Waals surface area contributed by atoms with Gasteiger partial charge in [-0.05, 0) is 53.9 Å². The van der Waals surface area contributed by atoms with Gasteiger partial charge in [-0.1, -0.05) is 6.92 Å². The number of benzene rings is 1. The van der Waals surface area contributed by atoms with E-state index in [2.05, 4.69) is 20.9 Å². The Morgan fingerprint density at radius 2 is 2.00 bits per heavy atom. The molecule has 0 bridgehead atoms. The predicted octanol–water partition coefficient (Wildman–Crippen LogP) is 3.47. The molecule has 2 nitrogen and oxygen atoms in total. The van der Waals surface area contributed by atoms with Gasteiger partial charge < -0.3 is 4.98 Å². The molecule has 16 heavy (non-hydrogen) atoms. The van der Waals surface area contributed by atoms with Crippen molar-refractivity contribution >= 4 is 26.8 Å². The van der Waals surface area contributed by atoms with Crippen molar-refractivity contribution in [3.05, 3.63) is 43.6 Å². The van der Waals surface area contributed by atoms with Crippen molar-refractivity contribution in [2.45, 2.75) is 27.2 Å². The Bertz CT molecular complexity index is 613. The first-order valence-electron chi connectivity index (χ1n) is 5.36. The molecule has 2 rings (SSSR count). The molecular formula is C13H14BrNO. The summed E-state index contributed by atoms with van der Waals surface area (Å²) in [6, 6.07) is 3.96. The smallest absolute Gasteiger partial charge is 0.192 e. The van der Waals surface area contributed by atoms with E-state index in [1.54, 1.807) is 0 Å². The summed E-state index contributed by atoms with van der Waals surface area (Å²) in [6.45, 7) is 5.95. The average molecular weight is 280 g/mol. The maximum atomic E-state index is 12.2. The zero-order valence-electron chi connectivity index (χ0n) is 9.65. The van der Waals surface area contributed by atoms with Crippen LogP contribution in [0.3, 0.4) is 0 Å². The van der Waals surface area contributed by atoms with Crippen molar-refractivity contribution in [1.82, 2.24) is 4.98 Å². The Hall–Kier alpha value is -1.09. The van der Waals surface area contributed by atoms with Crippen LogP contribution >= 0.6 is 15.9 Å². The molecule has 0 spiro atoms. The summed E-state index contributed by atoms with van der Waals surface area (Å²) >= 11 is 3.49. The van der Waals surface area contributed by atoms with Crippen LogP contribution in [0.2, 0.25) is 0 Å². The standard InChI is InChI=1S/C13H14BrNO/c1-4-9-8(3)15-12-10(13(9)16)5-7(2)6-11(12)14/h5-6H,4H2,1-3H3,(H,15,16). The molecule has 0 saturated carbocycles. The van der Waals surface area contributed by atoms with Gasteiger partial charge in [-0.25, -0.2) is 0 Å². The molecule has 3 heteroatoms. The molecule has 1 aromatic heterocycles. The zero-order chi connectivity index (χ0) is 11.9. The van der Waals surface area contributed by atoms with Crippen LogP contribution in [0.15, 0.2) is 21.4 Å². The molecule has 0 aliphatic rings. The molecule has 0 aliphatic carbocycles. The summed E-state index contributed by atoms with van der Waals surface area (Å²) in [5.41, 5.74) is 3.98. The Morgan fingerprint density at radius 3 is 2.62 bits per heavy atom. The molecular weight excluding hydrogens is 266 g/mol. The molecule has 1 N–H and O–H groups in total. The lowest BCUT2D eigenvalue weighted by Crippen LogP contribution is -2.12. The lowest BCUT2D eigenvalue weighted by atomic mass is 10.1. The number of H-pyrrole nitrogens is 1. The van der Waals surface area contributed by atoms with Crippen molar-refractivity contribution in [3.63, 3.8) is 0 Å². The highest BCUT2D eigenvalue weighted by molar-refractivity contribution is 9.10. The predicted molar refractivity (Wildman–Crippen MR) is 71.1 cm³/mol. The Morgan fingerprint density at radius 1 is 1.31 bits per heavy atom. The van der Waals surface area contributed by atoms with Gasteiger partial charge in [0.15, 0.2) is 5.43 Å². The first kappa shape index (κ1) is 11.4. The van der Waals surface area contributed by atoms with Crippen LogP contribution in [-0.4, -0.2) is 4.98 Å². The van der Waals surface area contributed by atoms with E-state index in [0.29, 0.717) is 0 Å². The van der Waals surface area contributed by atoms with Gasteiger partial charge >= 0.3 is 0 Å². The van der Waals surface area contributed by atoms with Crippen molar-refractivity contribution < 1.29 is 0 Å². The monoisotopic (exact) mass is 279 g/mol. The van der Waals surface area contributed by atoms with Crippen LogP contribution in [0.4, 0.5) is 0 Å². The first-order valence-corrected chi connectivity index (χ1v) is 6.15. The number of rotatable bonds is 1. The zero-order valence-corrected chi connectivity index (χ0v) is 11.2. The lowest BCUT2D eigenvalue weighted by Gasteiger charge is -2.08. The van der Waals surface area contributed by atoms with E-state index in [0.717, 1.165) is 38.6 Å². The van der Waals surface area contributed by atoms with Gasteiger partial charge in [0.05, 0.1) is 5.52 Å². The van der Waals surface area contributed by atoms with Gasteiger partial charge in [-0.3, -0.25) is 4.79 Å². The van der Waals surface area contributed by atoms with Crippen molar-refractivity contribution in [3.8, 4) is 0 Å². The van der Waals surface area contributed by atoms with Gasteiger partial charge in [0.2, 0.25) is 0 Å². The van der Waals surface area contributed by atoms with Crippen LogP contribution in [0.1, 0.15) is 23.7 Å². The number of pyridine rings is 1. The number of halogens is 1. The molecule has 2 aromatic rings. The maximum absolute atomic E-state index is 12.2. The summed E-state index contributed by atoms with van der Waals surface area (Å²) in [5, 5.41) is 0.773. The number of hydrogen-bond donors (Lipinski definition) is 1. The fraction of sp³-hybridized carbons (Fsp3) is 0.308. The molecule has 0 unspecified atom stereocenters. The quantitative estimate of drug-likeness (QED) is 0.852. The Balaban J connectivity index is 2.99. The highest BCUT2D eigenvalue weighted by atomic mass is 79.9. The third-order valence-corrected chi connectivity index (χ3v) is 3.50. The van der Waals surface area contributed by atoms with E-state index in [9.17, 15) is 4.79 Å². The number of hydrogen-bond acceptors (Lipinski definition) is 1. The van der Waals surface area contributed by atoms with E-state index in [4.69, 9.17) is 0 Å². The van der Waals surface area contributed by atoms with Gasteiger partial charge in [-0.15, -0.1) is 0 Å². The normalized spacial score (nSPS) is 11.0. The summed E-state index contributed by atoms with van der Waals surface area (Å²) in [4.78, 5) is 15.5. The fourth-order valence-electron chi connectivity index (χ4n) is 2.07. The topological polar surface area (TPSA) is 32.9 Å². The van der Waals surface area contributed by atoms with E-state index in [1.807, 2.05) is 32.9 Å². The van der Waals surface area contributed by atoms with Crippen LogP contribution in [0, 0.1) is 13.8 Å². The van der Waals surface area contributed by atoms with Crippen molar-refractivity contribution in [1.29, 1.82) is 0 Å². The summed E-state index contributed by atoms with van der Waals surface area (Å²) in [6.07, 6.45) is 0.767. The molecule has 0 atom stereocenters. The van der Waals surface area contributed by atoms with E-state index in [-0.39, 0.29) is 5.43 Å². The minimum atomic E-state index is 0.151. The number of aromatic amines is 1. The minimum Gasteiger partial charge on any atom is -0.357 e. The lowest BCUT2D eigenvalue weighted by molar-refractivity contribution is 1.05. The van der Waals surface area contributed by atoms with Crippen LogP contribution in [0.25, 0.3) is 10.9 Å². The van der Waals surface area contributed by atoms with Gasteiger partial charge in [-0.2, -0.15) is 0 Å². The molecule has 84 valence electrons. The number of nitrogens with one attached hydrogen (secondary N) is 1. The second-order valence-corrected chi connectivity index (χ2v) is 4.93. The van der Waals surface area contributed by atoms with Crippen LogP contribution in [0.5, 0.6) is 0 Å².